The lowest BCUT2D eigenvalue weighted by Gasteiger charge is -2.11. The topological polar surface area (TPSA) is 69.9 Å². The van der Waals surface area contributed by atoms with Crippen molar-refractivity contribution < 1.29 is 20.1 Å². The summed E-state index contributed by atoms with van der Waals surface area (Å²) in [4.78, 5) is 0. The molecular weight excluding hydrogens is 276 g/mol. The van der Waals surface area contributed by atoms with Crippen LogP contribution in [0.5, 0.6) is 0 Å². The molecule has 20 heavy (non-hydrogen) atoms. The van der Waals surface area contributed by atoms with Gasteiger partial charge in [0.2, 0.25) is 0 Å². The lowest BCUT2D eigenvalue weighted by Crippen LogP contribution is -2.34. The highest BCUT2D eigenvalue weighted by atomic mass is 32.2. The first kappa shape index (κ1) is 18.2. The Hall–Kier alpha value is 0.190. The molecule has 1 aliphatic rings. The number of aliphatic hydroxyl groups excluding tert-OH is 3. The maximum absolute atomic E-state index is 9.76. The number of unbranched alkanes of at least 4 members (excludes halogenated alkanes) is 6. The maximum Gasteiger partial charge on any atom is 0.169 e. The Kier molecular flexibility index (Phi) is 9.90. The van der Waals surface area contributed by atoms with Crippen LogP contribution in [-0.2, 0) is 15.6 Å². The summed E-state index contributed by atoms with van der Waals surface area (Å²) >= 11 is 0. The second-order valence-corrected chi connectivity index (χ2v) is 8.08. The van der Waals surface area contributed by atoms with E-state index in [4.69, 9.17) is 4.74 Å². The SMILES string of the molecule is COCCCCCCCCC[S+]1C[C@@H](O)[C@H](O)[C@H]1CO. The van der Waals surface area contributed by atoms with Crippen LogP contribution in [-0.4, -0.2) is 64.6 Å². The molecule has 0 aromatic heterocycles. The van der Waals surface area contributed by atoms with Gasteiger partial charge in [-0.1, -0.05) is 25.7 Å². The average molecular weight is 307 g/mol. The van der Waals surface area contributed by atoms with Gasteiger partial charge in [0.25, 0.3) is 0 Å². The number of methoxy groups -OCH3 is 1. The minimum atomic E-state index is -0.718. The summed E-state index contributed by atoms with van der Waals surface area (Å²) in [7, 11) is 1.74. The van der Waals surface area contributed by atoms with Crippen LogP contribution in [0.25, 0.3) is 0 Å². The van der Waals surface area contributed by atoms with Crippen molar-refractivity contribution >= 4 is 10.9 Å². The Labute approximate surface area is 125 Å². The van der Waals surface area contributed by atoms with Gasteiger partial charge in [-0.2, -0.15) is 0 Å². The highest BCUT2D eigenvalue weighted by Crippen LogP contribution is 2.25. The third-order valence-electron chi connectivity index (χ3n) is 4.02. The fourth-order valence-corrected chi connectivity index (χ4v) is 5.47. The lowest BCUT2D eigenvalue weighted by atomic mass is 10.1. The second kappa shape index (κ2) is 10.9. The van der Waals surface area contributed by atoms with Crippen LogP contribution >= 0.6 is 0 Å². The molecule has 4 nitrogen and oxygen atoms in total. The second-order valence-electron chi connectivity index (χ2n) is 5.65. The van der Waals surface area contributed by atoms with Gasteiger partial charge in [0.05, 0.1) is 6.61 Å². The van der Waals surface area contributed by atoms with Crippen molar-refractivity contribution in [2.24, 2.45) is 0 Å². The Morgan fingerprint density at radius 3 is 2.20 bits per heavy atom. The highest BCUT2D eigenvalue weighted by Gasteiger charge is 2.48. The van der Waals surface area contributed by atoms with E-state index in [9.17, 15) is 15.3 Å². The standard InChI is InChI=1S/C15H31O4S/c1-19-9-7-5-3-2-4-6-8-10-20-12-13(17)15(18)14(20)11-16/h13-18H,2-12H2,1H3/q+1/t13-,14-,15+,20?/m1/s1. The monoisotopic (exact) mass is 307 g/mol. The van der Waals surface area contributed by atoms with Crippen LogP contribution in [0.1, 0.15) is 44.9 Å². The first-order valence-electron chi connectivity index (χ1n) is 7.83. The van der Waals surface area contributed by atoms with Gasteiger partial charge in [-0.05, 0) is 30.2 Å². The maximum atomic E-state index is 9.76. The predicted molar refractivity (Wildman–Crippen MR) is 84.2 cm³/mol. The first-order valence-corrected chi connectivity index (χ1v) is 9.45. The minimum Gasteiger partial charge on any atom is -0.391 e. The van der Waals surface area contributed by atoms with Gasteiger partial charge in [-0.3, -0.25) is 0 Å². The van der Waals surface area contributed by atoms with E-state index in [1.54, 1.807) is 7.11 Å². The van der Waals surface area contributed by atoms with Crippen LogP contribution in [0.2, 0.25) is 0 Å². The van der Waals surface area contributed by atoms with Crippen molar-refractivity contribution in [1.82, 2.24) is 0 Å². The van der Waals surface area contributed by atoms with Crippen molar-refractivity contribution in [3.8, 4) is 0 Å². The normalized spacial score (nSPS) is 30.0. The molecule has 0 aromatic rings. The smallest absolute Gasteiger partial charge is 0.169 e. The molecule has 1 rings (SSSR count). The van der Waals surface area contributed by atoms with Crippen LogP contribution in [0, 0.1) is 0 Å². The number of aliphatic hydroxyl groups is 3. The summed E-state index contributed by atoms with van der Waals surface area (Å²) in [6.45, 7) is 0.872. The van der Waals surface area contributed by atoms with Gasteiger partial charge >= 0.3 is 0 Å². The Bertz CT molecular complexity index is 240. The fourth-order valence-electron chi connectivity index (χ4n) is 2.75. The van der Waals surface area contributed by atoms with E-state index in [1.165, 1.54) is 32.1 Å². The molecule has 1 saturated heterocycles. The van der Waals surface area contributed by atoms with E-state index in [2.05, 4.69) is 0 Å². The summed E-state index contributed by atoms with van der Waals surface area (Å²) < 4.78 is 5.02. The molecule has 0 aliphatic carbocycles. The molecule has 0 aromatic carbocycles. The van der Waals surface area contributed by atoms with Crippen molar-refractivity contribution in [3.63, 3.8) is 0 Å². The van der Waals surface area contributed by atoms with E-state index < -0.39 is 12.2 Å². The molecular formula is C15H31O4S+. The minimum absolute atomic E-state index is 0.000831. The molecule has 3 N–H and O–H groups in total. The fraction of sp³-hybridized carbons (Fsp3) is 1.00. The largest absolute Gasteiger partial charge is 0.391 e. The first-order chi connectivity index (χ1) is 9.70. The Balaban J connectivity index is 1.98. The van der Waals surface area contributed by atoms with Gasteiger partial charge in [-0.25, -0.2) is 0 Å². The molecule has 1 aliphatic heterocycles. The zero-order valence-corrected chi connectivity index (χ0v) is 13.5. The van der Waals surface area contributed by atoms with E-state index in [1.807, 2.05) is 0 Å². The molecule has 0 amide bonds. The van der Waals surface area contributed by atoms with Crippen molar-refractivity contribution in [2.75, 3.05) is 31.8 Å². The van der Waals surface area contributed by atoms with Crippen LogP contribution in [0.4, 0.5) is 0 Å². The number of rotatable bonds is 11. The van der Waals surface area contributed by atoms with Crippen LogP contribution in [0.15, 0.2) is 0 Å². The number of hydrogen-bond acceptors (Lipinski definition) is 4. The van der Waals surface area contributed by atoms with Gasteiger partial charge < -0.3 is 20.1 Å². The number of ether oxygens (including phenoxy) is 1. The van der Waals surface area contributed by atoms with Gasteiger partial charge in [-0.15, -0.1) is 0 Å². The van der Waals surface area contributed by atoms with E-state index in [-0.39, 0.29) is 22.8 Å². The Morgan fingerprint density at radius 1 is 1.00 bits per heavy atom. The third kappa shape index (κ3) is 6.31. The summed E-state index contributed by atoms with van der Waals surface area (Å²) in [5.41, 5.74) is 0. The van der Waals surface area contributed by atoms with Gasteiger partial charge in [0.1, 0.15) is 23.7 Å². The van der Waals surface area contributed by atoms with E-state index in [0.29, 0.717) is 5.75 Å². The van der Waals surface area contributed by atoms with Gasteiger partial charge in [0.15, 0.2) is 5.25 Å². The number of hydrogen-bond donors (Lipinski definition) is 3. The van der Waals surface area contributed by atoms with Crippen molar-refractivity contribution in [1.29, 1.82) is 0 Å². The van der Waals surface area contributed by atoms with Gasteiger partial charge in [0, 0.05) is 13.7 Å². The van der Waals surface area contributed by atoms with Crippen molar-refractivity contribution in [3.05, 3.63) is 0 Å². The summed E-state index contributed by atoms with van der Waals surface area (Å²) in [5, 5.41) is 28.6. The summed E-state index contributed by atoms with van der Waals surface area (Å²) in [6, 6.07) is 0. The van der Waals surface area contributed by atoms with E-state index >= 15 is 0 Å². The highest BCUT2D eigenvalue weighted by molar-refractivity contribution is 7.97. The zero-order chi connectivity index (χ0) is 14.8. The molecule has 1 unspecified atom stereocenters. The van der Waals surface area contributed by atoms with Crippen LogP contribution < -0.4 is 0 Å². The van der Waals surface area contributed by atoms with E-state index in [0.717, 1.165) is 25.2 Å². The molecule has 0 spiro atoms. The molecule has 0 saturated carbocycles. The predicted octanol–water partition coefficient (Wildman–Crippen LogP) is 1.08. The quantitative estimate of drug-likeness (QED) is 0.395. The molecule has 4 atom stereocenters. The molecule has 1 fully saturated rings. The summed E-state index contributed by atoms with van der Waals surface area (Å²) in [6.07, 6.45) is 7.27. The Morgan fingerprint density at radius 2 is 1.60 bits per heavy atom. The summed E-state index contributed by atoms with van der Waals surface area (Å²) in [5.74, 6) is 1.71. The molecule has 0 radical (unpaired) electrons. The third-order valence-corrected chi connectivity index (χ3v) is 6.89. The molecule has 120 valence electrons. The lowest BCUT2D eigenvalue weighted by molar-refractivity contribution is 0.0325. The zero-order valence-electron chi connectivity index (χ0n) is 12.7. The molecule has 1 heterocycles. The van der Waals surface area contributed by atoms with Crippen LogP contribution in [0.3, 0.4) is 0 Å². The van der Waals surface area contributed by atoms with Crippen molar-refractivity contribution in [2.45, 2.75) is 62.4 Å². The average Bonchev–Trinajstić information content (AvgIpc) is 2.72. The molecule has 0 bridgehead atoms. The molecule has 5 heteroatoms.